The van der Waals surface area contributed by atoms with Crippen molar-refractivity contribution in [2.75, 3.05) is 13.2 Å². The van der Waals surface area contributed by atoms with E-state index in [9.17, 15) is 9.90 Å². The van der Waals surface area contributed by atoms with Crippen LogP contribution in [0.15, 0.2) is 0 Å². The Morgan fingerprint density at radius 1 is 0.955 bits per heavy atom. The van der Waals surface area contributed by atoms with Gasteiger partial charge in [0.1, 0.15) is 6.61 Å². The van der Waals surface area contributed by atoms with Crippen molar-refractivity contribution in [3.63, 3.8) is 0 Å². The number of hydrogen-bond donors (Lipinski definition) is 1. The number of hydrogen-bond acceptors (Lipinski definition) is 3. The molecule has 2 aliphatic carbocycles. The van der Waals surface area contributed by atoms with Gasteiger partial charge in [-0.25, -0.2) is 0 Å². The van der Waals surface area contributed by atoms with E-state index in [1.165, 1.54) is 25.7 Å². The fraction of sp³-hybridized carbons (Fsp3) is 0.944. The van der Waals surface area contributed by atoms with Gasteiger partial charge in [0, 0.05) is 18.5 Å². The molecule has 4 heteroatoms. The van der Waals surface area contributed by atoms with Crippen molar-refractivity contribution in [2.24, 2.45) is 5.92 Å². The predicted molar refractivity (Wildman–Crippen MR) is 85.5 cm³/mol. The van der Waals surface area contributed by atoms with Crippen LogP contribution in [0.1, 0.15) is 70.6 Å². The van der Waals surface area contributed by atoms with Gasteiger partial charge in [-0.15, -0.1) is 0 Å². The van der Waals surface area contributed by atoms with Crippen molar-refractivity contribution in [1.82, 2.24) is 4.90 Å². The topological polar surface area (TPSA) is 49.8 Å². The van der Waals surface area contributed by atoms with Gasteiger partial charge in [0.2, 0.25) is 5.91 Å². The molecular formula is C18H31NO3. The molecule has 4 nitrogen and oxygen atoms in total. The first kappa shape index (κ1) is 16.3. The lowest BCUT2D eigenvalue weighted by Gasteiger charge is -2.37. The summed E-state index contributed by atoms with van der Waals surface area (Å²) in [6.45, 7) is 1.09. The highest BCUT2D eigenvalue weighted by atomic mass is 16.5. The van der Waals surface area contributed by atoms with Crippen LogP contribution in [-0.2, 0) is 9.53 Å². The molecule has 126 valence electrons. The highest BCUT2D eigenvalue weighted by molar-refractivity contribution is 5.78. The van der Waals surface area contributed by atoms with Crippen LogP contribution in [0.4, 0.5) is 0 Å². The summed E-state index contributed by atoms with van der Waals surface area (Å²) in [4.78, 5) is 14.6. The summed E-state index contributed by atoms with van der Waals surface area (Å²) < 4.78 is 5.87. The summed E-state index contributed by atoms with van der Waals surface area (Å²) in [7, 11) is 0. The third-order valence-corrected chi connectivity index (χ3v) is 5.89. The average Bonchev–Trinajstić information content (AvgIpc) is 3.03. The zero-order valence-electron chi connectivity index (χ0n) is 13.7. The highest BCUT2D eigenvalue weighted by Crippen LogP contribution is 2.34. The third kappa shape index (κ3) is 3.83. The lowest BCUT2D eigenvalue weighted by atomic mass is 9.80. The number of rotatable bonds is 4. The molecule has 0 spiro atoms. The second kappa shape index (κ2) is 7.78. The first-order valence-electron chi connectivity index (χ1n) is 9.35. The molecule has 3 rings (SSSR count). The van der Waals surface area contributed by atoms with Gasteiger partial charge in [-0.05, 0) is 38.5 Å². The van der Waals surface area contributed by atoms with Crippen LogP contribution < -0.4 is 0 Å². The Balaban J connectivity index is 1.51. The van der Waals surface area contributed by atoms with Gasteiger partial charge in [0.15, 0.2) is 0 Å². The second-order valence-electron chi connectivity index (χ2n) is 7.38. The van der Waals surface area contributed by atoms with Gasteiger partial charge in [-0.1, -0.05) is 32.1 Å². The third-order valence-electron chi connectivity index (χ3n) is 5.89. The van der Waals surface area contributed by atoms with Crippen molar-refractivity contribution in [3.05, 3.63) is 0 Å². The molecule has 2 saturated carbocycles. The molecule has 0 radical (unpaired) electrons. The quantitative estimate of drug-likeness (QED) is 0.869. The van der Waals surface area contributed by atoms with Crippen molar-refractivity contribution in [1.29, 1.82) is 0 Å². The van der Waals surface area contributed by atoms with Crippen molar-refractivity contribution >= 4 is 5.91 Å². The largest absolute Gasteiger partial charge is 0.393 e. The van der Waals surface area contributed by atoms with E-state index in [1.54, 1.807) is 0 Å². The van der Waals surface area contributed by atoms with E-state index in [1.807, 2.05) is 4.90 Å². The predicted octanol–water partition coefficient (Wildman–Crippen LogP) is 2.88. The van der Waals surface area contributed by atoms with E-state index in [0.717, 1.165) is 51.5 Å². The second-order valence-corrected chi connectivity index (χ2v) is 7.38. The van der Waals surface area contributed by atoms with Gasteiger partial charge in [-0.3, -0.25) is 4.79 Å². The van der Waals surface area contributed by atoms with Gasteiger partial charge in [-0.2, -0.15) is 0 Å². The molecule has 1 amide bonds. The van der Waals surface area contributed by atoms with Crippen LogP contribution in [0, 0.1) is 5.92 Å². The van der Waals surface area contributed by atoms with Crippen molar-refractivity contribution in [2.45, 2.75) is 88.9 Å². The molecule has 1 heterocycles. The SMILES string of the molecule is O=C(COC1CCCCC1)N1CCC[C@@H]1[C@@H]1CCCC[C@@H]1O. The lowest BCUT2D eigenvalue weighted by Crippen LogP contribution is -2.46. The maximum atomic E-state index is 12.6. The zero-order valence-corrected chi connectivity index (χ0v) is 13.7. The van der Waals surface area contributed by atoms with Gasteiger partial charge in [0.25, 0.3) is 0 Å². The number of aliphatic hydroxyl groups is 1. The monoisotopic (exact) mass is 309 g/mol. The zero-order chi connectivity index (χ0) is 15.4. The Morgan fingerprint density at radius 3 is 2.45 bits per heavy atom. The minimum absolute atomic E-state index is 0.144. The van der Waals surface area contributed by atoms with E-state index < -0.39 is 0 Å². The first-order valence-corrected chi connectivity index (χ1v) is 9.35. The fourth-order valence-corrected chi connectivity index (χ4v) is 4.64. The molecular weight excluding hydrogens is 278 g/mol. The van der Waals surface area contributed by atoms with Gasteiger partial charge >= 0.3 is 0 Å². The summed E-state index contributed by atoms with van der Waals surface area (Å²) in [5.41, 5.74) is 0. The Kier molecular flexibility index (Phi) is 5.75. The molecule has 3 aliphatic rings. The summed E-state index contributed by atoms with van der Waals surface area (Å²) in [6, 6.07) is 0.248. The molecule has 3 atom stereocenters. The number of aliphatic hydroxyl groups excluding tert-OH is 1. The molecule has 0 aromatic rings. The fourth-order valence-electron chi connectivity index (χ4n) is 4.64. The number of nitrogens with zero attached hydrogens (tertiary/aromatic N) is 1. The highest BCUT2D eigenvalue weighted by Gasteiger charge is 2.38. The van der Waals surface area contributed by atoms with Crippen LogP contribution in [0.3, 0.4) is 0 Å². The molecule has 0 bridgehead atoms. The number of amides is 1. The van der Waals surface area contributed by atoms with Gasteiger partial charge < -0.3 is 14.7 Å². The maximum absolute atomic E-state index is 12.6. The van der Waals surface area contributed by atoms with E-state index in [4.69, 9.17) is 4.74 Å². The van der Waals surface area contributed by atoms with Crippen molar-refractivity contribution < 1.29 is 14.6 Å². The molecule has 1 aliphatic heterocycles. The Morgan fingerprint density at radius 2 is 1.68 bits per heavy atom. The summed E-state index contributed by atoms with van der Waals surface area (Å²) in [6.07, 6.45) is 12.5. The molecule has 22 heavy (non-hydrogen) atoms. The number of carbonyl (C=O) groups excluding carboxylic acids is 1. The van der Waals surface area contributed by atoms with Gasteiger partial charge in [0.05, 0.1) is 12.2 Å². The molecule has 0 aromatic heterocycles. The standard InChI is InChI=1S/C18H31NO3/c20-17-11-5-4-9-15(17)16-10-6-12-19(16)18(21)13-22-14-7-2-1-3-8-14/h14-17,20H,1-13H2/t15-,16+,17-/m0/s1. The minimum Gasteiger partial charge on any atom is -0.393 e. The molecule has 0 aromatic carbocycles. The van der Waals surface area contributed by atoms with Crippen LogP contribution in [0.2, 0.25) is 0 Å². The molecule has 1 N–H and O–H groups in total. The number of ether oxygens (including phenoxy) is 1. The van der Waals surface area contributed by atoms with Crippen molar-refractivity contribution in [3.8, 4) is 0 Å². The summed E-state index contributed by atoms with van der Waals surface area (Å²) in [5, 5.41) is 10.3. The first-order chi connectivity index (χ1) is 10.8. The Labute approximate surface area is 134 Å². The van der Waals surface area contributed by atoms with Crippen LogP contribution in [-0.4, -0.2) is 47.3 Å². The number of likely N-dealkylation sites (tertiary alicyclic amines) is 1. The maximum Gasteiger partial charge on any atom is 0.248 e. The normalized spacial score (nSPS) is 34.0. The van der Waals surface area contributed by atoms with E-state index >= 15 is 0 Å². The Hall–Kier alpha value is -0.610. The summed E-state index contributed by atoms with van der Waals surface area (Å²) in [5.74, 6) is 0.431. The molecule has 3 fully saturated rings. The average molecular weight is 309 g/mol. The Bertz CT molecular complexity index is 367. The van der Waals surface area contributed by atoms with E-state index in [0.29, 0.717) is 6.10 Å². The minimum atomic E-state index is -0.216. The summed E-state index contributed by atoms with van der Waals surface area (Å²) >= 11 is 0. The van der Waals surface area contributed by atoms with E-state index in [-0.39, 0.29) is 30.6 Å². The lowest BCUT2D eigenvalue weighted by molar-refractivity contribution is -0.141. The number of carbonyl (C=O) groups is 1. The van der Waals surface area contributed by atoms with Crippen LogP contribution in [0.25, 0.3) is 0 Å². The molecule has 0 unspecified atom stereocenters. The van der Waals surface area contributed by atoms with Crippen LogP contribution >= 0.6 is 0 Å². The smallest absolute Gasteiger partial charge is 0.248 e. The van der Waals surface area contributed by atoms with Crippen LogP contribution in [0.5, 0.6) is 0 Å². The van der Waals surface area contributed by atoms with E-state index in [2.05, 4.69) is 0 Å². The molecule has 1 saturated heterocycles.